The Kier molecular flexibility index (Phi) is 6.50. The number of aryl methyl sites for hydroxylation is 3. The Labute approximate surface area is 355 Å². The van der Waals surface area contributed by atoms with Gasteiger partial charge >= 0.3 is 13.7 Å². The van der Waals surface area contributed by atoms with Crippen molar-refractivity contribution >= 4 is 91.5 Å². The number of benzene rings is 8. The number of rotatable bonds is 3. The first-order valence-corrected chi connectivity index (χ1v) is 21.5. The highest BCUT2D eigenvalue weighted by atomic mass is 15.2. The minimum atomic E-state index is -0.0392. The van der Waals surface area contributed by atoms with Crippen molar-refractivity contribution < 1.29 is 0 Å². The molecule has 6 heterocycles. The van der Waals surface area contributed by atoms with Crippen molar-refractivity contribution in [2.24, 2.45) is 0 Å². The molecule has 61 heavy (non-hydrogen) atoms. The molecule has 0 amide bonds. The van der Waals surface area contributed by atoms with E-state index in [0.717, 1.165) is 11.4 Å². The van der Waals surface area contributed by atoms with Gasteiger partial charge in [-0.1, -0.05) is 121 Å². The van der Waals surface area contributed by atoms with Gasteiger partial charge in [-0.15, -0.1) is 0 Å². The van der Waals surface area contributed by atoms with E-state index >= 15 is 0 Å². The van der Waals surface area contributed by atoms with E-state index in [1.54, 1.807) is 0 Å². The molecule has 10 aromatic rings. The van der Waals surface area contributed by atoms with Crippen LogP contribution in [0.2, 0.25) is 0 Å². The summed E-state index contributed by atoms with van der Waals surface area (Å²) in [5.41, 5.74) is 26.8. The van der Waals surface area contributed by atoms with Crippen molar-refractivity contribution in [1.82, 2.24) is 8.96 Å². The molecule has 0 aliphatic carbocycles. The maximum absolute atomic E-state index is 2.62. The predicted octanol–water partition coefficient (Wildman–Crippen LogP) is 11.0. The van der Waals surface area contributed by atoms with Gasteiger partial charge in [-0.2, -0.15) is 0 Å². The number of fused-ring (bicyclic) bond motifs is 9. The highest BCUT2D eigenvalue weighted by Crippen LogP contribution is 2.52. The summed E-state index contributed by atoms with van der Waals surface area (Å²) in [7, 11) is 0. The average molecular weight is 777 g/mol. The van der Waals surface area contributed by atoms with Crippen molar-refractivity contribution in [3.8, 4) is 33.4 Å². The zero-order chi connectivity index (χ0) is 40.2. The molecular formula is C55H38B2N4. The second kappa shape index (κ2) is 11.9. The van der Waals surface area contributed by atoms with Crippen LogP contribution in [0.3, 0.4) is 0 Å². The third-order valence-corrected chi connectivity index (χ3v) is 14.1. The van der Waals surface area contributed by atoms with Gasteiger partial charge in [-0.25, -0.2) is 0 Å². The Morgan fingerprint density at radius 2 is 0.984 bits per heavy atom. The molecule has 2 aromatic heterocycles. The van der Waals surface area contributed by atoms with Gasteiger partial charge in [0.15, 0.2) is 0 Å². The molecule has 0 radical (unpaired) electrons. The summed E-state index contributed by atoms with van der Waals surface area (Å²) in [6, 6.07) is 62.0. The van der Waals surface area contributed by atoms with E-state index in [9.17, 15) is 0 Å². The van der Waals surface area contributed by atoms with E-state index in [0.29, 0.717) is 0 Å². The Balaban J connectivity index is 1.18. The molecule has 0 saturated carbocycles. The van der Waals surface area contributed by atoms with Crippen molar-refractivity contribution in [2.45, 2.75) is 20.8 Å². The minimum Gasteiger partial charge on any atom is -0.382 e. The Hall–Kier alpha value is -7.43. The number of para-hydroxylation sites is 4. The summed E-state index contributed by atoms with van der Waals surface area (Å²) in [5.74, 6) is 0. The van der Waals surface area contributed by atoms with Crippen LogP contribution >= 0.6 is 0 Å². The predicted molar refractivity (Wildman–Crippen MR) is 258 cm³/mol. The van der Waals surface area contributed by atoms with Gasteiger partial charge in [0.2, 0.25) is 0 Å². The maximum atomic E-state index is 2.62. The zero-order valence-corrected chi connectivity index (χ0v) is 34.2. The minimum absolute atomic E-state index is 0.0373. The summed E-state index contributed by atoms with van der Waals surface area (Å²) >= 11 is 0. The molecular weight excluding hydrogens is 738 g/mol. The van der Waals surface area contributed by atoms with E-state index < -0.39 is 0 Å². The normalized spacial score (nSPS) is 13.7. The molecule has 0 bridgehead atoms. The van der Waals surface area contributed by atoms with Crippen LogP contribution in [-0.2, 0) is 0 Å². The van der Waals surface area contributed by atoms with Gasteiger partial charge in [-0.05, 0) is 148 Å². The van der Waals surface area contributed by atoms with Gasteiger partial charge in [0, 0.05) is 44.9 Å². The standard InChI is InChI=1S/C55H38B2N4/c1-33-29-34(2)49(35(3)30-33)38-23-24-45-48(31-38)61(40-17-8-5-9-18-40)55-51-44(43-21-11-14-37-25-27-58(53(37)43)56(45)51)32-46-54(55)60(39-15-6-4-7-16-39)47-22-12-19-41-42-20-10-13-36-26-28-59(52(36)42)57(46)50(41)47/h4-32H,1-3H3. The Morgan fingerprint density at radius 1 is 0.410 bits per heavy atom. The highest BCUT2D eigenvalue weighted by molar-refractivity contribution is 6.92. The molecule has 14 rings (SSSR count). The molecule has 0 unspecified atom stereocenters. The lowest BCUT2D eigenvalue weighted by Gasteiger charge is -2.47. The smallest absolute Gasteiger partial charge is 0.332 e. The molecule has 0 spiro atoms. The fourth-order valence-corrected chi connectivity index (χ4v) is 12.0. The summed E-state index contributed by atoms with van der Waals surface area (Å²) < 4.78 is 5.14. The van der Waals surface area contributed by atoms with Gasteiger partial charge in [0.1, 0.15) is 0 Å². The van der Waals surface area contributed by atoms with Gasteiger partial charge in [0.05, 0.1) is 11.4 Å². The van der Waals surface area contributed by atoms with Crippen LogP contribution in [-0.4, -0.2) is 22.7 Å². The molecule has 4 aliphatic heterocycles. The lowest BCUT2D eigenvalue weighted by Crippen LogP contribution is -2.61. The first kappa shape index (κ1) is 33.4. The van der Waals surface area contributed by atoms with Gasteiger partial charge in [0.25, 0.3) is 0 Å². The van der Waals surface area contributed by atoms with Crippen molar-refractivity contribution in [1.29, 1.82) is 0 Å². The van der Waals surface area contributed by atoms with Crippen LogP contribution in [0.1, 0.15) is 16.7 Å². The van der Waals surface area contributed by atoms with Crippen LogP contribution in [0.15, 0.2) is 176 Å². The highest BCUT2D eigenvalue weighted by Gasteiger charge is 2.49. The second-order valence-corrected chi connectivity index (χ2v) is 17.5. The fourth-order valence-electron chi connectivity index (χ4n) is 12.0. The van der Waals surface area contributed by atoms with Crippen molar-refractivity contribution in [3.63, 3.8) is 0 Å². The first-order valence-electron chi connectivity index (χ1n) is 21.5. The van der Waals surface area contributed by atoms with Crippen LogP contribution in [0.5, 0.6) is 0 Å². The van der Waals surface area contributed by atoms with Crippen molar-refractivity contribution in [3.05, 3.63) is 193 Å². The maximum Gasteiger partial charge on any atom is 0.332 e. The van der Waals surface area contributed by atoms with Crippen LogP contribution in [0, 0.1) is 20.8 Å². The monoisotopic (exact) mass is 776 g/mol. The summed E-state index contributed by atoms with van der Waals surface area (Å²) in [6.07, 6.45) is 4.67. The lowest BCUT2D eigenvalue weighted by molar-refractivity contribution is 1.19. The van der Waals surface area contributed by atoms with Crippen molar-refractivity contribution in [2.75, 3.05) is 9.80 Å². The zero-order valence-electron chi connectivity index (χ0n) is 34.2. The number of aromatic nitrogens is 2. The molecule has 4 aliphatic rings. The third kappa shape index (κ3) is 4.26. The van der Waals surface area contributed by atoms with Gasteiger partial charge in [-0.3, -0.25) is 0 Å². The van der Waals surface area contributed by atoms with E-state index in [1.165, 1.54) is 116 Å². The van der Waals surface area contributed by atoms with E-state index in [4.69, 9.17) is 0 Å². The number of nitrogens with zero attached hydrogens (tertiary/aromatic N) is 4. The molecule has 6 heteroatoms. The molecule has 0 atom stereocenters. The Bertz CT molecular complexity index is 3520. The van der Waals surface area contributed by atoms with Gasteiger partial charge < -0.3 is 18.8 Å². The first-order chi connectivity index (χ1) is 30.0. The summed E-state index contributed by atoms with van der Waals surface area (Å²) in [4.78, 5) is 5.21. The Morgan fingerprint density at radius 3 is 1.64 bits per heavy atom. The van der Waals surface area contributed by atoms with E-state index in [1.807, 2.05) is 0 Å². The summed E-state index contributed by atoms with van der Waals surface area (Å²) in [6.45, 7) is 6.65. The molecule has 4 nitrogen and oxygen atoms in total. The molecule has 0 N–H and O–H groups in total. The van der Waals surface area contributed by atoms with Crippen LogP contribution in [0.25, 0.3) is 55.2 Å². The molecule has 8 aromatic carbocycles. The SMILES string of the molecule is Cc1cc(C)c(-c2ccc3c(c2)N(c2ccccc2)c2c4c(cc5c2N(c2ccccc2)c2cccc6c2B5n2ccc5cccc-6c52)-c2cccc5ccn(c25)B34)c(C)c1. The second-order valence-electron chi connectivity index (χ2n) is 17.5. The fraction of sp³-hybridized carbons (Fsp3) is 0.0545. The molecule has 284 valence electrons. The largest absolute Gasteiger partial charge is 0.382 e. The number of hydrogen-bond donors (Lipinski definition) is 0. The average Bonchev–Trinajstić information content (AvgIpc) is 3.92. The number of anilines is 6. The van der Waals surface area contributed by atoms with E-state index in [-0.39, 0.29) is 13.7 Å². The van der Waals surface area contributed by atoms with E-state index in [2.05, 4.69) is 216 Å². The number of hydrogen-bond acceptors (Lipinski definition) is 2. The molecule has 0 fully saturated rings. The molecule has 0 saturated heterocycles. The topological polar surface area (TPSA) is 16.3 Å². The van der Waals surface area contributed by atoms with Crippen LogP contribution < -0.4 is 31.7 Å². The third-order valence-electron chi connectivity index (χ3n) is 14.1. The summed E-state index contributed by atoms with van der Waals surface area (Å²) in [5, 5.41) is 2.55. The quantitative estimate of drug-likeness (QED) is 0.166. The lowest BCUT2D eigenvalue weighted by atomic mass is 9.41. The van der Waals surface area contributed by atoms with Crippen LogP contribution in [0.4, 0.5) is 34.1 Å².